The van der Waals surface area contributed by atoms with E-state index in [1.807, 2.05) is 6.08 Å². The summed E-state index contributed by atoms with van der Waals surface area (Å²) in [7, 11) is -4.40. The second kappa shape index (κ2) is 35.1. The summed E-state index contributed by atoms with van der Waals surface area (Å²) in [6.45, 7) is 3.91. The molecular weight excluding hydrogens is 639 g/mol. The fourth-order valence-corrected chi connectivity index (χ4v) is 6.24. The summed E-state index contributed by atoms with van der Waals surface area (Å²) in [6, 6.07) is -1.00. The molecule has 288 valence electrons. The van der Waals surface area contributed by atoms with Gasteiger partial charge in [0.2, 0.25) is 5.91 Å². The fraction of sp³-hybridized carbons (Fsp3) is 0.821. The average Bonchev–Trinajstić information content (AvgIpc) is 3.07. The zero-order valence-corrected chi connectivity index (χ0v) is 32.2. The van der Waals surface area contributed by atoms with Crippen LogP contribution in [0.5, 0.6) is 0 Å². The predicted molar refractivity (Wildman–Crippen MR) is 204 cm³/mol. The minimum absolute atomic E-state index is 0.0425. The molecule has 10 heteroatoms. The molecule has 0 saturated carbocycles. The third-order valence-electron chi connectivity index (χ3n) is 8.49. The summed E-state index contributed by atoms with van der Waals surface area (Å²) in [5, 5.41) is 23.9. The van der Waals surface area contributed by atoms with Crippen LogP contribution in [0.25, 0.3) is 0 Å². The Labute approximate surface area is 300 Å². The first-order valence-electron chi connectivity index (χ1n) is 19.7. The maximum atomic E-state index is 12.7. The molecule has 1 amide bonds. The number of allylic oxidation sites excluding steroid dienone is 5. The van der Waals surface area contributed by atoms with Crippen molar-refractivity contribution in [2.75, 3.05) is 19.8 Å². The number of phosphoric ester groups is 1. The van der Waals surface area contributed by atoms with Gasteiger partial charge in [0.1, 0.15) is 0 Å². The zero-order valence-electron chi connectivity index (χ0n) is 31.3. The number of carbonyl (C=O) groups excluding carboxylic acids is 1. The van der Waals surface area contributed by atoms with Crippen molar-refractivity contribution in [3.63, 3.8) is 0 Å². The van der Waals surface area contributed by atoms with Gasteiger partial charge in [-0.15, -0.1) is 0 Å². The molecule has 0 aliphatic heterocycles. The van der Waals surface area contributed by atoms with Crippen LogP contribution in [0.3, 0.4) is 0 Å². The van der Waals surface area contributed by atoms with E-state index in [0.717, 1.165) is 44.9 Å². The highest BCUT2D eigenvalue weighted by atomic mass is 31.2. The summed E-state index contributed by atoms with van der Waals surface area (Å²) < 4.78 is 22.0. The van der Waals surface area contributed by atoms with Gasteiger partial charge >= 0.3 is 7.82 Å². The molecule has 0 fully saturated rings. The Morgan fingerprint density at radius 1 is 0.694 bits per heavy atom. The number of hydrogen-bond donors (Lipinski definition) is 5. The SMILES string of the molecule is CCCCCCCCC/C=C\CCCCCC(O)CC(=O)NC(COP(=O)(O)OCCN)C(O)/C=C/CC/C=C/CCCCCCCCC. The number of aliphatic hydroxyl groups is 2. The Balaban J connectivity index is 4.48. The number of unbranched alkanes of at least 4 members (excludes halogenated alkanes) is 18. The quantitative estimate of drug-likeness (QED) is 0.0245. The van der Waals surface area contributed by atoms with Gasteiger partial charge in [-0.3, -0.25) is 13.8 Å². The van der Waals surface area contributed by atoms with E-state index in [-0.39, 0.29) is 19.6 Å². The number of amides is 1. The van der Waals surface area contributed by atoms with Crippen LogP contribution in [0, 0.1) is 0 Å². The molecule has 0 radical (unpaired) electrons. The van der Waals surface area contributed by atoms with Crippen LogP contribution in [0.1, 0.15) is 168 Å². The van der Waals surface area contributed by atoms with Crippen molar-refractivity contribution >= 4 is 13.7 Å². The molecule has 0 heterocycles. The molecule has 4 atom stereocenters. The molecule has 0 bridgehead atoms. The maximum absolute atomic E-state index is 12.7. The largest absolute Gasteiger partial charge is 0.472 e. The molecule has 0 rings (SSSR count). The summed E-state index contributed by atoms with van der Waals surface area (Å²) in [5.74, 6) is -0.467. The molecule has 9 nitrogen and oxygen atoms in total. The molecule has 49 heavy (non-hydrogen) atoms. The van der Waals surface area contributed by atoms with E-state index in [2.05, 4.69) is 43.5 Å². The molecule has 0 aliphatic rings. The second-order valence-corrected chi connectivity index (χ2v) is 14.8. The lowest BCUT2D eigenvalue weighted by Gasteiger charge is -2.24. The third kappa shape index (κ3) is 33.6. The van der Waals surface area contributed by atoms with E-state index in [0.29, 0.717) is 12.8 Å². The Morgan fingerprint density at radius 3 is 1.69 bits per heavy atom. The molecule has 4 unspecified atom stereocenters. The van der Waals surface area contributed by atoms with E-state index in [9.17, 15) is 24.5 Å². The maximum Gasteiger partial charge on any atom is 0.472 e. The van der Waals surface area contributed by atoms with Crippen LogP contribution in [0.4, 0.5) is 0 Å². The molecule has 6 N–H and O–H groups in total. The molecule has 0 aromatic heterocycles. The van der Waals surface area contributed by atoms with Gasteiger partial charge in [-0.25, -0.2) is 4.57 Å². The van der Waals surface area contributed by atoms with Crippen LogP contribution in [0.15, 0.2) is 36.5 Å². The molecule has 0 aromatic carbocycles. The Bertz CT molecular complexity index is 883. The van der Waals surface area contributed by atoms with Crippen LogP contribution in [-0.4, -0.2) is 59.0 Å². The normalized spacial score (nSPS) is 15.3. The van der Waals surface area contributed by atoms with Gasteiger partial charge in [0.05, 0.1) is 37.9 Å². The molecule has 0 aromatic rings. The van der Waals surface area contributed by atoms with Gasteiger partial charge in [0.25, 0.3) is 0 Å². The number of carbonyl (C=O) groups is 1. The lowest BCUT2D eigenvalue weighted by Crippen LogP contribution is -2.46. The van der Waals surface area contributed by atoms with Gasteiger partial charge in [-0.05, 0) is 57.8 Å². The van der Waals surface area contributed by atoms with Crippen molar-refractivity contribution in [3.05, 3.63) is 36.5 Å². The molecular formula is C39H75N2O7P. The Morgan fingerprint density at radius 2 is 1.16 bits per heavy atom. The van der Waals surface area contributed by atoms with Gasteiger partial charge in [-0.2, -0.15) is 0 Å². The average molecular weight is 715 g/mol. The zero-order chi connectivity index (χ0) is 36.3. The smallest absolute Gasteiger partial charge is 0.393 e. The first kappa shape index (κ1) is 47.7. The number of rotatable bonds is 36. The van der Waals surface area contributed by atoms with E-state index < -0.39 is 38.6 Å². The Hall–Kier alpha value is -1.32. The minimum Gasteiger partial charge on any atom is -0.393 e. The summed E-state index contributed by atoms with van der Waals surface area (Å²) in [6.07, 6.45) is 36.6. The van der Waals surface area contributed by atoms with Crippen molar-refractivity contribution < 1.29 is 33.5 Å². The molecule has 0 aliphatic carbocycles. The van der Waals surface area contributed by atoms with Crippen LogP contribution < -0.4 is 11.1 Å². The summed E-state index contributed by atoms with van der Waals surface area (Å²) in [5.41, 5.74) is 5.34. The van der Waals surface area contributed by atoms with Crippen molar-refractivity contribution in [2.45, 2.75) is 186 Å². The topological polar surface area (TPSA) is 151 Å². The van der Waals surface area contributed by atoms with Gasteiger partial charge < -0.3 is 26.2 Å². The van der Waals surface area contributed by atoms with E-state index in [1.54, 1.807) is 6.08 Å². The van der Waals surface area contributed by atoms with E-state index in [4.69, 9.17) is 14.8 Å². The minimum atomic E-state index is -4.40. The van der Waals surface area contributed by atoms with Crippen LogP contribution >= 0.6 is 7.82 Å². The highest BCUT2D eigenvalue weighted by Gasteiger charge is 2.27. The number of phosphoric acid groups is 1. The molecule has 0 spiro atoms. The van der Waals surface area contributed by atoms with Crippen molar-refractivity contribution in [1.29, 1.82) is 0 Å². The van der Waals surface area contributed by atoms with Crippen molar-refractivity contribution in [1.82, 2.24) is 5.32 Å². The monoisotopic (exact) mass is 715 g/mol. The third-order valence-corrected chi connectivity index (χ3v) is 9.48. The van der Waals surface area contributed by atoms with Crippen LogP contribution in [0.2, 0.25) is 0 Å². The summed E-state index contributed by atoms with van der Waals surface area (Å²) >= 11 is 0. The predicted octanol–water partition coefficient (Wildman–Crippen LogP) is 9.36. The van der Waals surface area contributed by atoms with E-state index in [1.165, 1.54) is 89.9 Å². The van der Waals surface area contributed by atoms with Gasteiger partial charge in [-0.1, -0.05) is 140 Å². The fourth-order valence-electron chi connectivity index (χ4n) is 5.48. The summed E-state index contributed by atoms with van der Waals surface area (Å²) in [4.78, 5) is 22.6. The first-order chi connectivity index (χ1) is 23.8. The van der Waals surface area contributed by atoms with Crippen molar-refractivity contribution in [3.8, 4) is 0 Å². The lowest BCUT2D eigenvalue weighted by molar-refractivity contribution is -0.124. The van der Waals surface area contributed by atoms with Gasteiger partial charge in [0, 0.05) is 6.54 Å². The van der Waals surface area contributed by atoms with E-state index >= 15 is 0 Å². The molecule has 0 saturated heterocycles. The standard InChI is InChI=1S/C39H75N2O7P/c1-3-5-7-9-11-13-15-17-19-20-22-24-26-28-30-36(42)34-39(44)41-37(35-48-49(45,46)47-33-32-40)38(43)31-29-27-25-23-21-18-16-14-12-10-8-6-4-2/h19-21,23,29,31,36-38,42-43H,3-18,22,24-28,30,32-35,40H2,1-2H3,(H,41,44)(H,45,46)/b20-19-,23-21+,31-29+. The van der Waals surface area contributed by atoms with Crippen LogP contribution in [-0.2, 0) is 18.4 Å². The second-order valence-electron chi connectivity index (χ2n) is 13.3. The van der Waals surface area contributed by atoms with Gasteiger partial charge in [0.15, 0.2) is 0 Å². The number of nitrogens with two attached hydrogens (primary N) is 1. The highest BCUT2D eigenvalue weighted by molar-refractivity contribution is 7.47. The number of aliphatic hydroxyl groups excluding tert-OH is 2. The Kier molecular flexibility index (Phi) is 34.2. The van der Waals surface area contributed by atoms with Crippen molar-refractivity contribution in [2.24, 2.45) is 5.73 Å². The number of nitrogens with one attached hydrogen (secondary N) is 1. The lowest BCUT2D eigenvalue weighted by atomic mass is 10.1. The number of hydrogen-bond acceptors (Lipinski definition) is 7. The highest BCUT2D eigenvalue weighted by Crippen LogP contribution is 2.43. The first-order valence-corrected chi connectivity index (χ1v) is 21.2.